The van der Waals surface area contributed by atoms with Gasteiger partial charge in [0.25, 0.3) is 11.8 Å². The quantitative estimate of drug-likeness (QED) is 0.688. The molecule has 3 aromatic rings. The summed E-state index contributed by atoms with van der Waals surface area (Å²) >= 11 is 0. The molecule has 8 nitrogen and oxygen atoms in total. The molecule has 2 aromatic heterocycles. The molecule has 1 amide bonds. The normalized spacial score (nSPS) is 16.6. The van der Waals surface area contributed by atoms with Crippen molar-refractivity contribution in [1.29, 1.82) is 5.26 Å². The maximum absolute atomic E-state index is 12.9. The molecule has 0 N–H and O–H groups in total. The van der Waals surface area contributed by atoms with Gasteiger partial charge in [-0.3, -0.25) is 4.79 Å². The fourth-order valence-electron chi connectivity index (χ4n) is 3.27. The zero-order valence-electron chi connectivity index (χ0n) is 15.3. The monoisotopic (exact) mass is 378 g/mol. The number of piperidine rings is 1. The number of nitrogens with zero attached hydrogens (tertiary/aromatic N) is 4. The van der Waals surface area contributed by atoms with Crippen LogP contribution in [0, 0.1) is 11.3 Å². The molecule has 0 saturated carbocycles. The Morgan fingerprint density at radius 1 is 1.32 bits per heavy atom. The Balaban J connectivity index is 1.49. The van der Waals surface area contributed by atoms with Crippen LogP contribution in [0.15, 0.2) is 41.1 Å². The van der Waals surface area contributed by atoms with Gasteiger partial charge in [-0.15, -0.1) is 0 Å². The summed E-state index contributed by atoms with van der Waals surface area (Å²) < 4.78 is 16.8. The van der Waals surface area contributed by atoms with Crippen LogP contribution in [0.2, 0.25) is 0 Å². The van der Waals surface area contributed by atoms with E-state index in [4.69, 9.17) is 19.2 Å². The van der Waals surface area contributed by atoms with Crippen LogP contribution in [0.3, 0.4) is 0 Å². The first-order valence-electron chi connectivity index (χ1n) is 8.92. The highest BCUT2D eigenvalue weighted by Crippen LogP contribution is 2.26. The largest absolute Gasteiger partial charge is 0.497 e. The number of carbonyl (C=O) groups excluding carboxylic acids is 1. The fraction of sp³-hybridized carbons (Fsp3) is 0.300. The molecule has 28 heavy (non-hydrogen) atoms. The second-order valence-electron chi connectivity index (χ2n) is 6.47. The lowest BCUT2D eigenvalue weighted by Gasteiger charge is -2.32. The zero-order valence-corrected chi connectivity index (χ0v) is 15.3. The van der Waals surface area contributed by atoms with Gasteiger partial charge in [0.1, 0.15) is 23.5 Å². The number of aromatic nitrogens is 2. The Hall–Kier alpha value is -3.60. The first-order valence-corrected chi connectivity index (χ1v) is 8.92. The molecule has 1 aliphatic rings. The summed E-state index contributed by atoms with van der Waals surface area (Å²) in [4.78, 5) is 22.6. The lowest BCUT2D eigenvalue weighted by Crippen LogP contribution is -2.44. The standard InChI is InChI=1S/C20H18N4O4/c1-26-14-4-5-17-13(9-14)10-18(28-17)20(25)24-8-2-3-15(12-24)27-19-16(11-21)22-6-7-23-19/h4-7,9-10,15H,2-3,8,12H2,1H3/t15-/m1/s1. The molecule has 142 valence electrons. The van der Waals surface area contributed by atoms with E-state index in [9.17, 15) is 4.79 Å². The number of amides is 1. The van der Waals surface area contributed by atoms with Gasteiger partial charge in [-0.1, -0.05) is 0 Å². The number of ether oxygens (including phenoxy) is 2. The Kier molecular flexibility index (Phi) is 4.81. The van der Waals surface area contributed by atoms with Gasteiger partial charge in [-0.2, -0.15) is 5.26 Å². The van der Waals surface area contributed by atoms with E-state index in [0.29, 0.717) is 24.4 Å². The lowest BCUT2D eigenvalue weighted by molar-refractivity contribution is 0.0501. The summed E-state index contributed by atoms with van der Waals surface area (Å²) in [5.74, 6) is 0.986. The molecule has 0 radical (unpaired) electrons. The van der Waals surface area contributed by atoms with Crippen LogP contribution in [0.25, 0.3) is 11.0 Å². The first kappa shape index (κ1) is 17.8. The number of hydrogen-bond donors (Lipinski definition) is 0. The number of likely N-dealkylation sites (tertiary alicyclic amines) is 1. The number of carbonyl (C=O) groups is 1. The van der Waals surface area contributed by atoms with Gasteiger partial charge in [-0.25, -0.2) is 9.97 Å². The summed E-state index contributed by atoms with van der Waals surface area (Å²) in [6, 6.07) is 9.09. The van der Waals surface area contributed by atoms with E-state index in [2.05, 4.69) is 9.97 Å². The van der Waals surface area contributed by atoms with Crippen LogP contribution in [-0.2, 0) is 0 Å². The van der Waals surface area contributed by atoms with Gasteiger partial charge in [0.05, 0.1) is 13.7 Å². The minimum atomic E-state index is -0.258. The highest BCUT2D eigenvalue weighted by Gasteiger charge is 2.28. The van der Waals surface area contributed by atoms with Crippen LogP contribution in [0.5, 0.6) is 11.6 Å². The van der Waals surface area contributed by atoms with E-state index in [0.717, 1.165) is 18.2 Å². The SMILES string of the molecule is COc1ccc2oc(C(=O)N3CCC[C@@H](Oc4nccnc4C#N)C3)cc2c1. The van der Waals surface area contributed by atoms with Gasteiger partial charge in [-0.05, 0) is 37.1 Å². The Bertz CT molecular complexity index is 1060. The molecular formula is C20H18N4O4. The topological polar surface area (TPSA) is 101 Å². The molecule has 1 aromatic carbocycles. The van der Waals surface area contributed by atoms with Crippen LogP contribution in [0.4, 0.5) is 0 Å². The molecule has 8 heteroatoms. The van der Waals surface area contributed by atoms with Gasteiger partial charge in [0.15, 0.2) is 5.76 Å². The number of nitriles is 1. The van der Waals surface area contributed by atoms with Crippen LogP contribution in [0.1, 0.15) is 29.1 Å². The van der Waals surface area contributed by atoms with E-state index in [-0.39, 0.29) is 29.3 Å². The van der Waals surface area contributed by atoms with Crippen molar-refractivity contribution in [2.24, 2.45) is 0 Å². The van der Waals surface area contributed by atoms with Gasteiger partial charge >= 0.3 is 0 Å². The second-order valence-corrected chi connectivity index (χ2v) is 6.47. The van der Waals surface area contributed by atoms with E-state index < -0.39 is 0 Å². The molecular weight excluding hydrogens is 360 g/mol. The molecule has 3 heterocycles. The highest BCUT2D eigenvalue weighted by atomic mass is 16.5. The maximum Gasteiger partial charge on any atom is 0.289 e. The number of rotatable bonds is 4. The lowest BCUT2D eigenvalue weighted by atomic mass is 10.1. The van der Waals surface area contributed by atoms with Gasteiger partial charge in [0, 0.05) is 24.3 Å². The van der Waals surface area contributed by atoms with Gasteiger partial charge < -0.3 is 18.8 Å². The number of hydrogen-bond acceptors (Lipinski definition) is 7. The number of benzene rings is 1. The van der Waals surface area contributed by atoms with Crippen LogP contribution >= 0.6 is 0 Å². The maximum atomic E-state index is 12.9. The number of fused-ring (bicyclic) bond motifs is 1. The first-order chi connectivity index (χ1) is 13.7. The number of furan rings is 1. The summed E-state index contributed by atoms with van der Waals surface area (Å²) in [7, 11) is 1.59. The molecule has 4 rings (SSSR count). The van der Waals surface area contributed by atoms with Gasteiger partial charge in [0.2, 0.25) is 5.69 Å². The van der Waals surface area contributed by atoms with E-state index >= 15 is 0 Å². The van der Waals surface area contributed by atoms with E-state index in [1.807, 2.05) is 12.1 Å². The van der Waals surface area contributed by atoms with Crippen LogP contribution in [-0.4, -0.2) is 47.1 Å². The third-order valence-corrected chi connectivity index (χ3v) is 4.65. The predicted octanol–water partition coefficient (Wildman–Crippen LogP) is 2.79. The zero-order chi connectivity index (χ0) is 19.5. The van der Waals surface area contributed by atoms with Crippen molar-refractivity contribution in [2.45, 2.75) is 18.9 Å². The van der Waals surface area contributed by atoms with Crippen molar-refractivity contribution >= 4 is 16.9 Å². The van der Waals surface area contributed by atoms with Crippen molar-refractivity contribution in [3.8, 4) is 17.7 Å². The molecule has 0 aliphatic carbocycles. The Morgan fingerprint density at radius 2 is 2.18 bits per heavy atom. The van der Waals surface area contributed by atoms with Crippen LogP contribution < -0.4 is 9.47 Å². The molecule has 1 fully saturated rings. The molecule has 0 bridgehead atoms. The molecule has 0 spiro atoms. The average Bonchev–Trinajstić information content (AvgIpc) is 3.17. The number of methoxy groups -OCH3 is 1. The smallest absolute Gasteiger partial charge is 0.289 e. The predicted molar refractivity (Wildman–Crippen MR) is 99.1 cm³/mol. The molecule has 1 aliphatic heterocycles. The highest BCUT2D eigenvalue weighted by molar-refractivity contribution is 5.96. The van der Waals surface area contributed by atoms with Crippen molar-refractivity contribution in [3.63, 3.8) is 0 Å². The average molecular weight is 378 g/mol. The minimum absolute atomic E-state index is 0.136. The van der Waals surface area contributed by atoms with Crippen molar-refractivity contribution in [3.05, 3.63) is 48.1 Å². The third-order valence-electron chi connectivity index (χ3n) is 4.65. The second kappa shape index (κ2) is 7.56. The Labute approximate surface area is 161 Å². The van der Waals surface area contributed by atoms with Crippen molar-refractivity contribution in [1.82, 2.24) is 14.9 Å². The summed E-state index contributed by atoms with van der Waals surface area (Å²) in [5.41, 5.74) is 0.768. The molecule has 1 atom stereocenters. The van der Waals surface area contributed by atoms with E-state index in [1.165, 1.54) is 12.4 Å². The summed E-state index contributed by atoms with van der Waals surface area (Å²) in [5, 5.41) is 9.94. The third kappa shape index (κ3) is 3.47. The summed E-state index contributed by atoms with van der Waals surface area (Å²) in [6.45, 7) is 1.01. The minimum Gasteiger partial charge on any atom is -0.497 e. The molecule has 1 saturated heterocycles. The van der Waals surface area contributed by atoms with Crippen molar-refractivity contribution in [2.75, 3.05) is 20.2 Å². The van der Waals surface area contributed by atoms with E-state index in [1.54, 1.807) is 30.2 Å². The fourth-order valence-corrected chi connectivity index (χ4v) is 3.27. The summed E-state index contributed by atoms with van der Waals surface area (Å²) in [6.07, 6.45) is 4.21. The molecule has 0 unspecified atom stereocenters. The Morgan fingerprint density at radius 3 is 3.00 bits per heavy atom. The van der Waals surface area contributed by atoms with Crippen molar-refractivity contribution < 1.29 is 18.7 Å².